The van der Waals surface area contributed by atoms with Crippen molar-refractivity contribution in [1.29, 1.82) is 0 Å². The van der Waals surface area contributed by atoms with Gasteiger partial charge in [-0.3, -0.25) is 19.4 Å². The van der Waals surface area contributed by atoms with Crippen LogP contribution in [0.15, 0.2) is 36.8 Å². The SMILES string of the molecule is C[C@H]1CC[C@H](c2ccc(N3CCCC3)nc2)N(C(=O)C(=O)Nc2cncc(C(N)=O)c2)C1. The lowest BCUT2D eigenvalue weighted by atomic mass is 9.90. The molecular weight excluding hydrogens is 408 g/mol. The summed E-state index contributed by atoms with van der Waals surface area (Å²) >= 11 is 0. The van der Waals surface area contributed by atoms with Gasteiger partial charge in [0, 0.05) is 32.0 Å². The van der Waals surface area contributed by atoms with Crippen molar-refractivity contribution < 1.29 is 14.4 Å². The monoisotopic (exact) mass is 436 g/mol. The summed E-state index contributed by atoms with van der Waals surface area (Å²) in [6, 6.07) is 5.21. The molecule has 0 aromatic carbocycles. The van der Waals surface area contributed by atoms with E-state index in [9.17, 15) is 14.4 Å². The Hall–Kier alpha value is -3.49. The molecule has 0 saturated carbocycles. The summed E-state index contributed by atoms with van der Waals surface area (Å²) in [6.45, 7) is 4.60. The van der Waals surface area contributed by atoms with Gasteiger partial charge in [-0.1, -0.05) is 13.0 Å². The molecule has 2 fully saturated rings. The number of carbonyl (C=O) groups is 3. The normalized spacial score (nSPS) is 20.8. The highest BCUT2D eigenvalue weighted by atomic mass is 16.2. The maximum absolute atomic E-state index is 13.1. The fourth-order valence-electron chi connectivity index (χ4n) is 4.41. The van der Waals surface area contributed by atoms with Gasteiger partial charge in [0.05, 0.1) is 23.5 Å². The predicted molar refractivity (Wildman–Crippen MR) is 120 cm³/mol. The second-order valence-corrected chi connectivity index (χ2v) is 8.58. The number of aromatic nitrogens is 2. The Morgan fingerprint density at radius 3 is 2.56 bits per heavy atom. The van der Waals surface area contributed by atoms with E-state index >= 15 is 0 Å². The molecule has 9 nitrogen and oxygen atoms in total. The lowest BCUT2D eigenvalue weighted by molar-refractivity contribution is -0.146. The minimum atomic E-state index is -0.769. The molecule has 32 heavy (non-hydrogen) atoms. The standard InChI is InChI=1S/C23H28N6O3/c1-15-4-6-19(16-5-7-20(26-12-16)28-8-2-3-9-28)29(14-15)23(32)22(31)27-18-10-17(21(24)30)11-25-13-18/h5,7,10-13,15,19H,2-4,6,8-9,14H2,1H3,(H2,24,30)(H,27,31)/t15-,19+/m0/s1. The van der Waals surface area contributed by atoms with Crippen LogP contribution >= 0.6 is 0 Å². The predicted octanol–water partition coefficient (Wildman–Crippen LogP) is 2.11. The Kier molecular flexibility index (Phi) is 6.34. The minimum Gasteiger partial charge on any atom is -0.366 e. The van der Waals surface area contributed by atoms with E-state index in [1.54, 1.807) is 4.90 Å². The summed E-state index contributed by atoms with van der Waals surface area (Å²) in [5, 5.41) is 2.54. The van der Waals surface area contributed by atoms with Crippen LogP contribution < -0.4 is 16.0 Å². The average Bonchev–Trinajstić information content (AvgIpc) is 3.34. The number of nitrogens with one attached hydrogen (secondary N) is 1. The van der Waals surface area contributed by atoms with Crippen molar-refractivity contribution in [2.45, 2.75) is 38.6 Å². The number of primary amides is 1. The third kappa shape index (κ3) is 4.71. The molecule has 3 amide bonds. The highest BCUT2D eigenvalue weighted by Gasteiger charge is 2.34. The summed E-state index contributed by atoms with van der Waals surface area (Å²) in [5.41, 5.74) is 6.60. The molecule has 0 aliphatic carbocycles. The number of anilines is 2. The Labute approximate surface area is 187 Å². The Morgan fingerprint density at radius 1 is 1.09 bits per heavy atom. The number of piperidine rings is 1. The van der Waals surface area contributed by atoms with E-state index in [2.05, 4.69) is 27.1 Å². The molecule has 4 rings (SSSR count). The van der Waals surface area contributed by atoms with Gasteiger partial charge in [0.25, 0.3) is 0 Å². The smallest absolute Gasteiger partial charge is 0.313 e. The molecule has 9 heteroatoms. The molecular formula is C23H28N6O3. The summed E-state index contributed by atoms with van der Waals surface area (Å²) < 4.78 is 0. The van der Waals surface area contributed by atoms with Gasteiger partial charge in [-0.05, 0) is 49.3 Å². The number of amides is 3. The molecule has 168 valence electrons. The number of hydrogen-bond acceptors (Lipinski definition) is 6. The first-order valence-corrected chi connectivity index (χ1v) is 11.0. The number of hydrogen-bond donors (Lipinski definition) is 2. The fraction of sp³-hybridized carbons (Fsp3) is 0.435. The summed E-state index contributed by atoms with van der Waals surface area (Å²) in [5.74, 6) is -0.800. The first kappa shape index (κ1) is 21.7. The van der Waals surface area contributed by atoms with E-state index in [0.717, 1.165) is 37.3 Å². The summed E-state index contributed by atoms with van der Waals surface area (Å²) in [6.07, 6.45) is 8.60. The molecule has 2 aliphatic heterocycles. The van der Waals surface area contributed by atoms with E-state index in [1.165, 1.54) is 31.3 Å². The van der Waals surface area contributed by atoms with Crippen LogP contribution in [0.2, 0.25) is 0 Å². The molecule has 2 atom stereocenters. The number of nitrogens with two attached hydrogens (primary N) is 1. The first-order valence-electron chi connectivity index (χ1n) is 11.0. The van der Waals surface area contributed by atoms with E-state index in [4.69, 9.17) is 5.73 Å². The van der Waals surface area contributed by atoms with Crippen molar-refractivity contribution >= 4 is 29.2 Å². The van der Waals surface area contributed by atoms with Crippen LogP contribution in [0.5, 0.6) is 0 Å². The van der Waals surface area contributed by atoms with Crippen LogP contribution in [-0.2, 0) is 9.59 Å². The summed E-state index contributed by atoms with van der Waals surface area (Å²) in [7, 11) is 0. The largest absolute Gasteiger partial charge is 0.366 e. The summed E-state index contributed by atoms with van der Waals surface area (Å²) in [4.78, 5) is 49.6. The van der Waals surface area contributed by atoms with Gasteiger partial charge >= 0.3 is 11.8 Å². The van der Waals surface area contributed by atoms with E-state index in [-0.39, 0.29) is 17.3 Å². The Bertz CT molecular complexity index is 1000. The highest BCUT2D eigenvalue weighted by molar-refractivity contribution is 6.39. The molecule has 0 unspecified atom stereocenters. The van der Waals surface area contributed by atoms with Gasteiger partial charge in [-0.2, -0.15) is 0 Å². The van der Waals surface area contributed by atoms with Crippen molar-refractivity contribution in [3.8, 4) is 0 Å². The number of carbonyl (C=O) groups excluding carboxylic acids is 3. The molecule has 0 bridgehead atoms. The van der Waals surface area contributed by atoms with Crippen LogP contribution in [0.3, 0.4) is 0 Å². The zero-order chi connectivity index (χ0) is 22.7. The number of rotatable bonds is 4. The number of likely N-dealkylation sites (tertiary alicyclic amines) is 1. The zero-order valence-corrected chi connectivity index (χ0v) is 18.2. The molecule has 3 N–H and O–H groups in total. The van der Waals surface area contributed by atoms with E-state index < -0.39 is 17.7 Å². The van der Waals surface area contributed by atoms with Gasteiger partial charge in [0.15, 0.2) is 0 Å². The van der Waals surface area contributed by atoms with Crippen molar-refractivity contribution in [1.82, 2.24) is 14.9 Å². The van der Waals surface area contributed by atoms with Crippen molar-refractivity contribution in [3.63, 3.8) is 0 Å². The molecule has 2 saturated heterocycles. The zero-order valence-electron chi connectivity index (χ0n) is 18.2. The van der Waals surface area contributed by atoms with Gasteiger partial charge in [-0.15, -0.1) is 0 Å². The Morgan fingerprint density at radius 2 is 1.88 bits per heavy atom. The van der Waals surface area contributed by atoms with Crippen LogP contribution in [0.25, 0.3) is 0 Å². The molecule has 0 radical (unpaired) electrons. The lowest BCUT2D eigenvalue weighted by Crippen LogP contribution is -2.46. The number of pyridine rings is 2. The molecule has 2 aliphatic rings. The number of nitrogens with zero attached hydrogens (tertiary/aromatic N) is 4. The van der Waals surface area contributed by atoms with Gasteiger partial charge < -0.3 is 20.9 Å². The maximum Gasteiger partial charge on any atom is 0.313 e. The van der Waals surface area contributed by atoms with Gasteiger partial charge in [0.2, 0.25) is 5.91 Å². The molecule has 2 aromatic heterocycles. The van der Waals surface area contributed by atoms with E-state index in [1.807, 2.05) is 18.3 Å². The topological polar surface area (TPSA) is 122 Å². The first-order chi connectivity index (χ1) is 15.4. The average molecular weight is 437 g/mol. The third-order valence-electron chi connectivity index (χ3n) is 6.14. The van der Waals surface area contributed by atoms with Gasteiger partial charge in [-0.25, -0.2) is 4.98 Å². The second-order valence-electron chi connectivity index (χ2n) is 8.58. The lowest BCUT2D eigenvalue weighted by Gasteiger charge is -2.38. The Balaban J connectivity index is 1.50. The molecule has 4 heterocycles. The highest BCUT2D eigenvalue weighted by Crippen LogP contribution is 2.34. The van der Waals surface area contributed by atoms with E-state index in [0.29, 0.717) is 12.5 Å². The third-order valence-corrected chi connectivity index (χ3v) is 6.14. The quantitative estimate of drug-likeness (QED) is 0.708. The van der Waals surface area contributed by atoms with Crippen LogP contribution in [0, 0.1) is 5.92 Å². The van der Waals surface area contributed by atoms with Crippen LogP contribution in [0.1, 0.15) is 54.6 Å². The van der Waals surface area contributed by atoms with Crippen molar-refractivity contribution in [2.75, 3.05) is 29.9 Å². The van der Waals surface area contributed by atoms with Crippen molar-refractivity contribution in [2.24, 2.45) is 11.7 Å². The van der Waals surface area contributed by atoms with Gasteiger partial charge in [0.1, 0.15) is 5.82 Å². The molecule has 0 spiro atoms. The fourth-order valence-corrected chi connectivity index (χ4v) is 4.41. The van der Waals surface area contributed by atoms with Crippen LogP contribution in [0.4, 0.5) is 11.5 Å². The second kappa shape index (κ2) is 9.33. The van der Waals surface area contributed by atoms with Crippen molar-refractivity contribution in [3.05, 3.63) is 47.9 Å². The minimum absolute atomic E-state index is 0.156. The van der Waals surface area contributed by atoms with Crippen LogP contribution in [-0.4, -0.2) is 52.2 Å². The molecule has 2 aromatic rings. The maximum atomic E-state index is 13.1.